The number of aryl methyl sites for hydroxylation is 1. The highest BCUT2D eigenvalue weighted by Crippen LogP contribution is 2.26. The number of aromatic carboxylic acids is 1. The van der Waals surface area contributed by atoms with Gasteiger partial charge in [0.1, 0.15) is 10.6 Å². The summed E-state index contributed by atoms with van der Waals surface area (Å²) in [6, 6.07) is 0. The topological polar surface area (TPSA) is 103 Å². The van der Waals surface area contributed by atoms with E-state index in [1.807, 2.05) is 0 Å². The molecule has 0 aliphatic heterocycles. The summed E-state index contributed by atoms with van der Waals surface area (Å²) in [7, 11) is 0. The van der Waals surface area contributed by atoms with Crippen LogP contribution in [-0.2, 0) is 0 Å². The molecule has 0 saturated heterocycles. The first kappa shape index (κ1) is 13.7. The molecule has 1 aromatic rings. The predicted octanol–water partition coefficient (Wildman–Crippen LogP) is 0.638. The minimum Gasteiger partial charge on any atom is -0.478 e. The van der Waals surface area contributed by atoms with Gasteiger partial charge >= 0.3 is 11.7 Å². The Hall–Kier alpha value is -1.34. The first-order valence-corrected chi connectivity index (χ1v) is 5.89. The summed E-state index contributed by atoms with van der Waals surface area (Å²) in [5, 5.41) is 18.3. The van der Waals surface area contributed by atoms with E-state index in [1.54, 1.807) is 13.8 Å². The SMILES string of the molecule is Cc1[nH]c(=O)nc(SC(C)C(C)O)c1C(=O)O. The van der Waals surface area contributed by atoms with Gasteiger partial charge in [-0.25, -0.2) is 9.59 Å². The third-order valence-electron chi connectivity index (χ3n) is 2.28. The van der Waals surface area contributed by atoms with Crippen LogP contribution >= 0.6 is 11.8 Å². The minimum atomic E-state index is -1.15. The highest BCUT2D eigenvalue weighted by Gasteiger charge is 2.20. The lowest BCUT2D eigenvalue weighted by molar-refractivity contribution is 0.0690. The Morgan fingerprint density at radius 1 is 1.47 bits per heavy atom. The zero-order valence-corrected chi connectivity index (χ0v) is 10.5. The average Bonchev–Trinajstić information content (AvgIpc) is 2.14. The molecule has 2 atom stereocenters. The molecule has 0 aliphatic carbocycles. The highest BCUT2D eigenvalue weighted by atomic mass is 32.2. The van der Waals surface area contributed by atoms with Crippen LogP contribution in [0.15, 0.2) is 9.82 Å². The van der Waals surface area contributed by atoms with E-state index < -0.39 is 17.8 Å². The molecular weight excluding hydrogens is 244 g/mol. The van der Waals surface area contributed by atoms with Crippen molar-refractivity contribution in [1.29, 1.82) is 0 Å². The summed E-state index contributed by atoms with van der Waals surface area (Å²) in [6.45, 7) is 4.83. The number of aromatic amines is 1. The predicted molar refractivity (Wildman–Crippen MR) is 63.6 cm³/mol. The number of aliphatic hydroxyl groups excluding tert-OH is 1. The van der Waals surface area contributed by atoms with Crippen LogP contribution in [-0.4, -0.2) is 37.5 Å². The second-order valence-electron chi connectivity index (χ2n) is 3.72. The van der Waals surface area contributed by atoms with Crippen molar-refractivity contribution in [3.8, 4) is 0 Å². The van der Waals surface area contributed by atoms with E-state index in [2.05, 4.69) is 9.97 Å². The number of hydrogen-bond acceptors (Lipinski definition) is 5. The van der Waals surface area contributed by atoms with Gasteiger partial charge < -0.3 is 15.2 Å². The molecule has 0 saturated carbocycles. The monoisotopic (exact) mass is 258 g/mol. The smallest absolute Gasteiger partial charge is 0.346 e. The maximum atomic E-state index is 11.2. The average molecular weight is 258 g/mol. The molecule has 1 heterocycles. The van der Waals surface area contributed by atoms with E-state index in [-0.39, 0.29) is 21.5 Å². The first-order chi connectivity index (χ1) is 7.82. The molecule has 7 heteroatoms. The van der Waals surface area contributed by atoms with Crippen LogP contribution < -0.4 is 5.69 Å². The largest absolute Gasteiger partial charge is 0.478 e. The molecule has 1 rings (SSSR count). The quantitative estimate of drug-likeness (QED) is 0.541. The Balaban J connectivity index is 3.22. The summed E-state index contributed by atoms with van der Waals surface area (Å²) in [6.07, 6.45) is -0.622. The third kappa shape index (κ3) is 3.31. The van der Waals surface area contributed by atoms with Gasteiger partial charge in [-0.1, -0.05) is 18.7 Å². The number of carbonyl (C=O) groups is 1. The van der Waals surface area contributed by atoms with Crippen molar-refractivity contribution in [2.45, 2.75) is 37.2 Å². The number of carboxylic acids is 1. The van der Waals surface area contributed by atoms with E-state index in [9.17, 15) is 14.7 Å². The molecule has 0 spiro atoms. The molecule has 0 amide bonds. The van der Waals surface area contributed by atoms with Gasteiger partial charge in [-0.2, -0.15) is 4.98 Å². The van der Waals surface area contributed by atoms with E-state index in [4.69, 9.17) is 5.11 Å². The van der Waals surface area contributed by atoms with Gasteiger partial charge in [0.05, 0.1) is 6.10 Å². The van der Waals surface area contributed by atoms with Gasteiger partial charge in [0.2, 0.25) is 0 Å². The number of rotatable bonds is 4. The van der Waals surface area contributed by atoms with Crippen LogP contribution in [0.25, 0.3) is 0 Å². The van der Waals surface area contributed by atoms with E-state index >= 15 is 0 Å². The molecule has 0 aliphatic rings. The summed E-state index contributed by atoms with van der Waals surface area (Å²) in [5.41, 5.74) is -0.354. The standard InChI is InChI=1S/C10H14N2O4S/c1-4-7(9(14)15)8(12-10(16)11-4)17-6(3)5(2)13/h5-6,13H,1-3H3,(H,14,15)(H,11,12,16). The Morgan fingerprint density at radius 2 is 2.06 bits per heavy atom. The summed E-state index contributed by atoms with van der Waals surface area (Å²) in [4.78, 5) is 28.2. The first-order valence-electron chi connectivity index (χ1n) is 5.02. The Morgan fingerprint density at radius 3 is 2.53 bits per heavy atom. The lowest BCUT2D eigenvalue weighted by Gasteiger charge is -2.14. The second kappa shape index (κ2) is 5.33. The van der Waals surface area contributed by atoms with E-state index in [1.165, 1.54) is 6.92 Å². The van der Waals surface area contributed by atoms with Crippen molar-refractivity contribution in [2.24, 2.45) is 0 Å². The van der Waals surface area contributed by atoms with Crippen molar-refractivity contribution < 1.29 is 15.0 Å². The number of aliphatic hydroxyl groups is 1. The van der Waals surface area contributed by atoms with Crippen LogP contribution in [0.3, 0.4) is 0 Å². The van der Waals surface area contributed by atoms with Crippen LogP contribution in [0.4, 0.5) is 0 Å². The number of H-pyrrole nitrogens is 1. The van der Waals surface area contributed by atoms with Gasteiger partial charge in [-0.3, -0.25) is 0 Å². The van der Waals surface area contributed by atoms with Gasteiger partial charge in [0.15, 0.2) is 0 Å². The van der Waals surface area contributed by atoms with Gasteiger partial charge in [-0.05, 0) is 13.8 Å². The lowest BCUT2D eigenvalue weighted by atomic mass is 10.2. The molecule has 17 heavy (non-hydrogen) atoms. The summed E-state index contributed by atoms with van der Waals surface area (Å²) < 4.78 is 0. The molecular formula is C10H14N2O4S. The Bertz CT molecular complexity index is 484. The zero-order valence-electron chi connectivity index (χ0n) is 9.72. The number of aromatic nitrogens is 2. The van der Waals surface area contributed by atoms with E-state index in [0.29, 0.717) is 0 Å². The molecule has 2 unspecified atom stereocenters. The zero-order chi connectivity index (χ0) is 13.2. The fraction of sp³-hybridized carbons (Fsp3) is 0.500. The van der Waals surface area contributed by atoms with Crippen LogP contribution in [0.1, 0.15) is 29.9 Å². The fourth-order valence-corrected chi connectivity index (χ4v) is 2.21. The van der Waals surface area contributed by atoms with Gasteiger partial charge in [-0.15, -0.1) is 0 Å². The molecule has 0 aromatic carbocycles. The molecule has 94 valence electrons. The van der Waals surface area contributed by atoms with Crippen LogP contribution in [0.5, 0.6) is 0 Å². The highest BCUT2D eigenvalue weighted by molar-refractivity contribution is 8.00. The number of carboxylic acid groups (broad SMARTS) is 1. The van der Waals surface area contributed by atoms with Crippen molar-refractivity contribution >= 4 is 17.7 Å². The minimum absolute atomic E-state index is 0.0258. The fourth-order valence-electron chi connectivity index (χ4n) is 1.17. The normalized spacial score (nSPS) is 14.4. The van der Waals surface area contributed by atoms with Crippen LogP contribution in [0, 0.1) is 6.92 Å². The van der Waals surface area contributed by atoms with Crippen molar-refractivity contribution in [1.82, 2.24) is 9.97 Å². The molecule has 1 aromatic heterocycles. The van der Waals surface area contributed by atoms with Gasteiger partial charge in [0.25, 0.3) is 0 Å². The molecule has 3 N–H and O–H groups in total. The maximum absolute atomic E-state index is 11.2. The molecule has 0 bridgehead atoms. The van der Waals surface area contributed by atoms with Crippen LogP contribution in [0.2, 0.25) is 0 Å². The Kier molecular flexibility index (Phi) is 4.30. The summed E-state index contributed by atoms with van der Waals surface area (Å²) in [5.74, 6) is -1.15. The van der Waals surface area contributed by atoms with Crippen molar-refractivity contribution in [3.05, 3.63) is 21.7 Å². The second-order valence-corrected chi connectivity index (χ2v) is 5.08. The number of nitrogens with zero attached hydrogens (tertiary/aromatic N) is 1. The van der Waals surface area contributed by atoms with Crippen molar-refractivity contribution in [2.75, 3.05) is 0 Å². The maximum Gasteiger partial charge on any atom is 0.346 e. The molecule has 6 nitrogen and oxygen atoms in total. The summed E-state index contributed by atoms with van der Waals surface area (Å²) >= 11 is 1.07. The van der Waals surface area contributed by atoms with E-state index in [0.717, 1.165) is 11.8 Å². The third-order valence-corrected chi connectivity index (χ3v) is 3.56. The lowest BCUT2D eigenvalue weighted by Crippen LogP contribution is -2.21. The van der Waals surface area contributed by atoms with Gasteiger partial charge in [0, 0.05) is 10.9 Å². The number of hydrogen-bond donors (Lipinski definition) is 3. The Labute approximate surface area is 102 Å². The number of nitrogens with one attached hydrogen (secondary N) is 1. The molecule has 0 radical (unpaired) electrons. The number of thioether (sulfide) groups is 1. The van der Waals surface area contributed by atoms with Crippen molar-refractivity contribution in [3.63, 3.8) is 0 Å². The molecule has 0 fully saturated rings.